The molecule has 4 rings (SSSR count). The normalized spacial score (nSPS) is 30.5. The molecular weight excluding hydrogens is 158 g/mol. The highest BCUT2D eigenvalue weighted by atomic mass is 14.9. The lowest BCUT2D eigenvalue weighted by molar-refractivity contribution is 0.427. The third kappa shape index (κ3) is 1.14. The molecule has 2 heterocycles. The summed E-state index contributed by atoms with van der Waals surface area (Å²) in [5.41, 5.74) is 2.95. The highest BCUT2D eigenvalue weighted by Crippen LogP contribution is 2.41. The number of fused-ring (bicyclic) bond motifs is 2. The Bertz CT molecular complexity index is 311. The molecule has 0 radical (unpaired) electrons. The zero-order valence-corrected chi connectivity index (χ0v) is 7.79. The number of para-hydroxylation sites is 1. The summed E-state index contributed by atoms with van der Waals surface area (Å²) in [6, 6.07) is 9.57. The molecule has 0 spiro atoms. The molecule has 68 valence electrons. The number of rotatable bonds is 0. The Labute approximate surface area is 79.2 Å². The summed E-state index contributed by atoms with van der Waals surface area (Å²) < 4.78 is 0. The second-order valence-electron chi connectivity index (χ2n) is 4.28. The fourth-order valence-electron chi connectivity index (χ4n) is 2.75. The highest BCUT2D eigenvalue weighted by molar-refractivity contribution is 5.55. The van der Waals surface area contributed by atoms with Gasteiger partial charge in [0.1, 0.15) is 0 Å². The van der Waals surface area contributed by atoms with Gasteiger partial charge in [0.2, 0.25) is 0 Å². The fourth-order valence-corrected chi connectivity index (χ4v) is 2.75. The third-order valence-electron chi connectivity index (χ3n) is 3.49. The Morgan fingerprint density at radius 3 is 2.62 bits per heavy atom. The van der Waals surface area contributed by atoms with E-state index in [1.807, 2.05) is 0 Å². The lowest BCUT2D eigenvalue weighted by Gasteiger charge is -2.22. The maximum absolute atomic E-state index is 3.65. The van der Waals surface area contributed by atoms with E-state index >= 15 is 0 Å². The largest absolute Gasteiger partial charge is 0.382 e. The highest BCUT2D eigenvalue weighted by Gasteiger charge is 2.27. The van der Waals surface area contributed by atoms with Gasteiger partial charge in [-0.1, -0.05) is 18.2 Å². The molecule has 1 N–H and O–H groups in total. The average Bonchev–Trinajstić information content (AvgIpc) is 2.46. The van der Waals surface area contributed by atoms with Crippen LogP contribution in [0.5, 0.6) is 0 Å². The van der Waals surface area contributed by atoms with Crippen LogP contribution in [-0.2, 0) is 0 Å². The van der Waals surface area contributed by atoms with Crippen LogP contribution in [0.4, 0.5) is 5.69 Å². The monoisotopic (exact) mass is 173 g/mol. The zero-order chi connectivity index (χ0) is 8.67. The number of hydrogen-bond donors (Lipinski definition) is 1. The lowest BCUT2D eigenvalue weighted by atomic mass is 9.84. The van der Waals surface area contributed by atoms with E-state index < -0.39 is 0 Å². The van der Waals surface area contributed by atoms with E-state index in [0.717, 1.165) is 12.0 Å². The Hall–Kier alpha value is -0.980. The first kappa shape index (κ1) is 7.43. The number of benzene rings is 1. The van der Waals surface area contributed by atoms with Crippen molar-refractivity contribution in [2.45, 2.75) is 37.6 Å². The van der Waals surface area contributed by atoms with Crippen molar-refractivity contribution < 1.29 is 0 Å². The van der Waals surface area contributed by atoms with Crippen LogP contribution in [0.15, 0.2) is 24.3 Å². The molecule has 1 nitrogen and oxygen atoms in total. The van der Waals surface area contributed by atoms with Crippen LogP contribution in [-0.4, -0.2) is 6.04 Å². The minimum Gasteiger partial charge on any atom is -0.382 e. The van der Waals surface area contributed by atoms with Crippen molar-refractivity contribution in [3.05, 3.63) is 29.8 Å². The first-order valence-corrected chi connectivity index (χ1v) is 5.29. The van der Waals surface area contributed by atoms with E-state index in [1.54, 1.807) is 5.56 Å². The van der Waals surface area contributed by atoms with Gasteiger partial charge in [-0.15, -0.1) is 0 Å². The summed E-state index contributed by atoms with van der Waals surface area (Å²) in [7, 11) is 0. The molecule has 1 heteroatoms. The second-order valence-corrected chi connectivity index (χ2v) is 4.28. The van der Waals surface area contributed by atoms with Gasteiger partial charge in [0, 0.05) is 11.7 Å². The van der Waals surface area contributed by atoms with Crippen LogP contribution in [0.25, 0.3) is 0 Å². The summed E-state index contributed by atoms with van der Waals surface area (Å²) in [4.78, 5) is 0. The van der Waals surface area contributed by atoms with Crippen LogP contribution in [0.1, 0.15) is 37.2 Å². The van der Waals surface area contributed by atoms with Crippen molar-refractivity contribution in [1.29, 1.82) is 0 Å². The molecule has 1 fully saturated rings. The van der Waals surface area contributed by atoms with Gasteiger partial charge in [-0.3, -0.25) is 0 Å². The lowest BCUT2D eigenvalue weighted by Crippen LogP contribution is -2.20. The fraction of sp³-hybridized carbons (Fsp3) is 0.500. The average molecular weight is 173 g/mol. The molecule has 0 amide bonds. The van der Waals surface area contributed by atoms with Gasteiger partial charge in [-0.2, -0.15) is 0 Å². The van der Waals surface area contributed by atoms with E-state index in [0.29, 0.717) is 0 Å². The van der Waals surface area contributed by atoms with E-state index in [9.17, 15) is 0 Å². The molecule has 0 saturated heterocycles. The van der Waals surface area contributed by atoms with Crippen molar-refractivity contribution in [2.24, 2.45) is 0 Å². The zero-order valence-electron chi connectivity index (χ0n) is 7.79. The third-order valence-corrected chi connectivity index (χ3v) is 3.49. The maximum atomic E-state index is 3.65. The molecule has 0 unspecified atom stereocenters. The van der Waals surface area contributed by atoms with Crippen molar-refractivity contribution in [2.75, 3.05) is 5.32 Å². The van der Waals surface area contributed by atoms with Gasteiger partial charge in [0.25, 0.3) is 0 Å². The van der Waals surface area contributed by atoms with Crippen LogP contribution in [0, 0.1) is 0 Å². The van der Waals surface area contributed by atoms with Gasteiger partial charge >= 0.3 is 0 Å². The Kier molecular flexibility index (Phi) is 1.58. The van der Waals surface area contributed by atoms with Gasteiger partial charge in [-0.05, 0) is 43.2 Å². The van der Waals surface area contributed by atoms with E-state index in [2.05, 4.69) is 29.6 Å². The smallest absolute Gasteiger partial charge is 0.0377 e. The second kappa shape index (κ2) is 2.76. The molecule has 1 aliphatic carbocycles. The topological polar surface area (TPSA) is 12.0 Å². The van der Waals surface area contributed by atoms with E-state index in [-0.39, 0.29) is 0 Å². The summed E-state index contributed by atoms with van der Waals surface area (Å²) in [6.07, 6.45) is 5.49. The predicted molar refractivity (Wildman–Crippen MR) is 55.1 cm³/mol. The standard InChI is InChI=1S/C12H15N/c1-2-4-12-11(3-1)9-5-7-10(13-12)8-6-9/h1-4,9-10,13H,5-8H2. The Morgan fingerprint density at radius 2 is 1.77 bits per heavy atom. The SMILES string of the molecule is c1ccc2c(c1)NC1CCC2CC1. The van der Waals surface area contributed by atoms with Crippen molar-refractivity contribution >= 4 is 5.69 Å². The van der Waals surface area contributed by atoms with Crippen LogP contribution >= 0.6 is 0 Å². The minimum atomic E-state index is 0.750. The molecule has 1 aromatic rings. The quantitative estimate of drug-likeness (QED) is 0.635. The molecule has 13 heavy (non-hydrogen) atoms. The number of anilines is 1. The van der Waals surface area contributed by atoms with Crippen molar-refractivity contribution in [3.63, 3.8) is 0 Å². The molecule has 1 aromatic carbocycles. The van der Waals surface area contributed by atoms with Gasteiger partial charge in [0.15, 0.2) is 0 Å². The first-order valence-electron chi connectivity index (χ1n) is 5.29. The number of hydrogen-bond acceptors (Lipinski definition) is 1. The van der Waals surface area contributed by atoms with Gasteiger partial charge in [-0.25, -0.2) is 0 Å². The summed E-state index contributed by atoms with van der Waals surface area (Å²) in [5.74, 6) is 0.836. The maximum Gasteiger partial charge on any atom is 0.0377 e. The molecule has 2 aliphatic heterocycles. The summed E-state index contributed by atoms with van der Waals surface area (Å²) in [6.45, 7) is 0. The van der Waals surface area contributed by atoms with Crippen LogP contribution < -0.4 is 5.32 Å². The Balaban J connectivity index is 2.10. The molecule has 1 saturated carbocycles. The van der Waals surface area contributed by atoms with E-state index in [4.69, 9.17) is 0 Å². The van der Waals surface area contributed by atoms with E-state index in [1.165, 1.54) is 31.4 Å². The summed E-state index contributed by atoms with van der Waals surface area (Å²) in [5, 5.41) is 3.65. The molecular formula is C12H15N. The molecule has 0 aromatic heterocycles. The first-order chi connectivity index (χ1) is 6.43. The van der Waals surface area contributed by atoms with Crippen molar-refractivity contribution in [1.82, 2.24) is 0 Å². The predicted octanol–water partition coefficient (Wildman–Crippen LogP) is 3.14. The molecule has 0 atom stereocenters. The van der Waals surface area contributed by atoms with Gasteiger partial charge in [0.05, 0.1) is 0 Å². The Morgan fingerprint density at radius 1 is 1.00 bits per heavy atom. The minimum absolute atomic E-state index is 0.750. The number of nitrogens with one attached hydrogen (secondary N) is 1. The summed E-state index contributed by atoms with van der Waals surface area (Å²) >= 11 is 0. The van der Waals surface area contributed by atoms with Gasteiger partial charge < -0.3 is 5.32 Å². The van der Waals surface area contributed by atoms with Crippen LogP contribution in [0.2, 0.25) is 0 Å². The van der Waals surface area contributed by atoms with Crippen LogP contribution in [0.3, 0.4) is 0 Å². The van der Waals surface area contributed by atoms with Crippen molar-refractivity contribution in [3.8, 4) is 0 Å². The molecule has 3 aliphatic rings. The molecule has 2 bridgehead atoms.